The Morgan fingerprint density at radius 2 is 1.65 bits per heavy atom. The van der Waals surface area contributed by atoms with Crippen LogP contribution in [-0.2, 0) is 26.3 Å². The molecule has 0 unspecified atom stereocenters. The number of benzene rings is 2. The number of aryl methyl sites for hydroxylation is 3. The molecule has 2 heterocycles. The molecular weight excluding hydrogens is 515 g/mol. The molecule has 210 valence electrons. The number of hydrogen-bond donors (Lipinski definition) is 0. The number of nitrogens with zero attached hydrogens (tertiary/aromatic N) is 7. The van der Waals surface area contributed by atoms with Gasteiger partial charge < -0.3 is 9.80 Å². The zero-order chi connectivity index (χ0) is 28.0. The highest BCUT2D eigenvalue weighted by molar-refractivity contribution is 5.84. The minimum Gasteiger partial charge on any atom is -0.356 e. The number of pyridine rings is 1. The van der Waals surface area contributed by atoms with Crippen LogP contribution in [0.3, 0.4) is 0 Å². The van der Waals surface area contributed by atoms with Crippen molar-refractivity contribution in [3.05, 3.63) is 70.3 Å². The zero-order valence-corrected chi connectivity index (χ0v) is 23.1. The van der Waals surface area contributed by atoms with Gasteiger partial charge in [0.05, 0.1) is 18.1 Å². The van der Waals surface area contributed by atoms with Gasteiger partial charge in [0.2, 0.25) is 0 Å². The van der Waals surface area contributed by atoms with Crippen molar-refractivity contribution in [2.75, 3.05) is 22.9 Å². The molecule has 0 radical (unpaired) electrons. The van der Waals surface area contributed by atoms with Gasteiger partial charge in [0.1, 0.15) is 5.82 Å². The average molecular weight is 550 g/mol. The number of tetrazole rings is 1. The van der Waals surface area contributed by atoms with Crippen LogP contribution in [-0.4, -0.2) is 38.3 Å². The Bertz CT molecular complexity index is 1510. The number of para-hydroxylation sites is 1. The Labute approximate surface area is 232 Å². The van der Waals surface area contributed by atoms with Crippen molar-refractivity contribution < 1.29 is 13.2 Å². The Morgan fingerprint density at radius 1 is 0.925 bits per heavy atom. The summed E-state index contributed by atoms with van der Waals surface area (Å²) in [6, 6.07) is 12.5. The van der Waals surface area contributed by atoms with Gasteiger partial charge in [0.25, 0.3) is 5.95 Å². The van der Waals surface area contributed by atoms with Gasteiger partial charge in [-0.25, -0.2) is 4.98 Å². The highest BCUT2D eigenvalue weighted by Gasteiger charge is 2.33. The van der Waals surface area contributed by atoms with Gasteiger partial charge >= 0.3 is 6.18 Å². The van der Waals surface area contributed by atoms with Gasteiger partial charge in [-0.15, -0.1) is 5.10 Å². The minimum atomic E-state index is -4.42. The molecule has 6 rings (SSSR count). The largest absolute Gasteiger partial charge is 0.416 e. The monoisotopic (exact) mass is 549 g/mol. The summed E-state index contributed by atoms with van der Waals surface area (Å²) in [5, 5.41) is 13.7. The molecule has 0 amide bonds. The maximum absolute atomic E-state index is 13.6. The molecule has 2 fully saturated rings. The molecule has 2 aromatic carbocycles. The zero-order valence-electron chi connectivity index (χ0n) is 23.1. The van der Waals surface area contributed by atoms with E-state index in [1.54, 1.807) is 20.0 Å². The summed E-state index contributed by atoms with van der Waals surface area (Å²) in [7, 11) is 1.68. The lowest BCUT2D eigenvalue weighted by molar-refractivity contribution is -0.137. The SMILES string of the molecule is Cc1cc(CN(Cc2cc3cccc(C)c3nc2N(CC2CC2)CC2CC2)c2nnn(C)n2)cc(C(F)(F)F)c1. The van der Waals surface area contributed by atoms with Gasteiger partial charge in [-0.05, 0) is 85.9 Å². The molecule has 10 heteroatoms. The van der Waals surface area contributed by atoms with Gasteiger partial charge in [0.15, 0.2) is 0 Å². The summed E-state index contributed by atoms with van der Waals surface area (Å²) in [5.74, 6) is 2.69. The second-order valence-electron chi connectivity index (χ2n) is 11.5. The normalized spacial score (nSPS) is 15.6. The first-order valence-electron chi connectivity index (χ1n) is 13.9. The van der Waals surface area contributed by atoms with Crippen LogP contribution in [0.2, 0.25) is 0 Å². The topological polar surface area (TPSA) is 63.0 Å². The van der Waals surface area contributed by atoms with Crippen LogP contribution in [0.1, 0.15) is 53.5 Å². The van der Waals surface area contributed by atoms with Crippen molar-refractivity contribution in [1.29, 1.82) is 0 Å². The predicted molar refractivity (Wildman–Crippen MR) is 149 cm³/mol. The number of aromatic nitrogens is 5. The smallest absolute Gasteiger partial charge is 0.356 e. The molecule has 0 bridgehead atoms. The summed E-state index contributed by atoms with van der Waals surface area (Å²) >= 11 is 0. The highest BCUT2D eigenvalue weighted by Crippen LogP contribution is 2.38. The molecule has 0 atom stereocenters. The summed E-state index contributed by atoms with van der Waals surface area (Å²) in [5.41, 5.74) is 3.55. The van der Waals surface area contributed by atoms with E-state index in [2.05, 4.69) is 45.4 Å². The summed E-state index contributed by atoms with van der Waals surface area (Å²) in [6.07, 6.45) is 0.554. The molecule has 0 N–H and O–H groups in total. The van der Waals surface area contributed by atoms with Crippen LogP contribution < -0.4 is 9.80 Å². The van der Waals surface area contributed by atoms with E-state index in [1.807, 2.05) is 11.0 Å². The van der Waals surface area contributed by atoms with E-state index in [4.69, 9.17) is 4.98 Å². The Morgan fingerprint density at radius 3 is 2.27 bits per heavy atom. The van der Waals surface area contributed by atoms with E-state index in [0.717, 1.165) is 40.9 Å². The highest BCUT2D eigenvalue weighted by atomic mass is 19.4. The molecule has 0 saturated heterocycles. The second kappa shape index (κ2) is 10.4. The summed E-state index contributed by atoms with van der Waals surface area (Å²) in [4.78, 5) is 11.0. The van der Waals surface area contributed by atoms with Gasteiger partial charge in [-0.3, -0.25) is 0 Å². The van der Waals surface area contributed by atoms with E-state index in [1.165, 1.54) is 42.6 Å². The van der Waals surface area contributed by atoms with Crippen LogP contribution in [0, 0.1) is 25.7 Å². The van der Waals surface area contributed by atoms with E-state index in [0.29, 0.717) is 35.5 Å². The fourth-order valence-electron chi connectivity index (χ4n) is 5.38. The fourth-order valence-corrected chi connectivity index (χ4v) is 5.38. The predicted octanol–water partition coefficient (Wildman–Crippen LogP) is 6.23. The lowest BCUT2D eigenvalue weighted by Crippen LogP contribution is -2.32. The molecule has 0 aliphatic heterocycles. The van der Waals surface area contributed by atoms with Crippen molar-refractivity contribution in [1.82, 2.24) is 25.2 Å². The lowest BCUT2D eigenvalue weighted by Gasteiger charge is -2.29. The second-order valence-corrected chi connectivity index (χ2v) is 11.5. The average Bonchev–Trinajstić information content (AvgIpc) is 3.83. The quantitative estimate of drug-likeness (QED) is 0.234. The maximum Gasteiger partial charge on any atom is 0.416 e. The summed E-state index contributed by atoms with van der Waals surface area (Å²) in [6.45, 7) is 6.31. The van der Waals surface area contributed by atoms with Gasteiger partial charge in [-0.2, -0.15) is 18.0 Å². The minimum absolute atomic E-state index is 0.201. The molecule has 2 aliphatic rings. The molecule has 2 aliphatic carbocycles. The van der Waals surface area contributed by atoms with Crippen LogP contribution in [0.4, 0.5) is 24.9 Å². The van der Waals surface area contributed by atoms with Crippen LogP contribution in [0.25, 0.3) is 10.9 Å². The summed E-state index contributed by atoms with van der Waals surface area (Å²) < 4.78 is 40.9. The molecular formula is C30H34F3N7. The number of alkyl halides is 3. The van der Waals surface area contributed by atoms with Crippen LogP contribution >= 0.6 is 0 Å². The van der Waals surface area contributed by atoms with Crippen molar-refractivity contribution in [3.63, 3.8) is 0 Å². The molecule has 40 heavy (non-hydrogen) atoms. The van der Waals surface area contributed by atoms with Crippen molar-refractivity contribution in [3.8, 4) is 0 Å². The third kappa shape index (κ3) is 6.05. The number of fused-ring (bicyclic) bond motifs is 1. The Balaban J connectivity index is 1.42. The lowest BCUT2D eigenvalue weighted by atomic mass is 10.0. The molecule has 2 aromatic heterocycles. The first-order chi connectivity index (χ1) is 19.1. The number of rotatable bonds is 10. The van der Waals surface area contributed by atoms with Crippen LogP contribution in [0.5, 0.6) is 0 Å². The first kappa shape index (κ1) is 26.5. The molecule has 0 spiro atoms. The third-order valence-corrected chi connectivity index (χ3v) is 7.73. The van der Waals surface area contributed by atoms with E-state index in [9.17, 15) is 13.2 Å². The third-order valence-electron chi connectivity index (χ3n) is 7.73. The standard InChI is InChI=1S/C30H34F3N7/c1-19-11-23(13-26(12-19)30(31,32)33)17-40(29-35-37-38(3)36-29)18-25-14-24-6-4-5-20(2)27(24)34-28(25)39(15-21-7-8-21)16-22-9-10-22/h4-6,11-14,21-22H,7-10,15-18H2,1-3H3. The maximum atomic E-state index is 13.6. The van der Waals surface area contributed by atoms with Gasteiger partial charge in [-0.1, -0.05) is 34.9 Å². The van der Waals surface area contributed by atoms with Gasteiger partial charge in [0, 0.05) is 37.1 Å². The van der Waals surface area contributed by atoms with Crippen molar-refractivity contribution in [2.24, 2.45) is 18.9 Å². The molecule has 2 saturated carbocycles. The van der Waals surface area contributed by atoms with Crippen LogP contribution in [0.15, 0.2) is 42.5 Å². The Hall–Kier alpha value is -3.69. The molecule has 4 aromatic rings. The Kier molecular flexibility index (Phi) is 6.88. The van der Waals surface area contributed by atoms with E-state index >= 15 is 0 Å². The van der Waals surface area contributed by atoms with E-state index in [-0.39, 0.29) is 6.54 Å². The number of halogens is 3. The van der Waals surface area contributed by atoms with E-state index < -0.39 is 11.7 Å². The fraction of sp³-hybridized carbons (Fsp3) is 0.467. The molecule has 7 nitrogen and oxygen atoms in total. The van der Waals surface area contributed by atoms with Crippen molar-refractivity contribution in [2.45, 2.75) is 58.8 Å². The van der Waals surface area contributed by atoms with Crippen molar-refractivity contribution >= 4 is 22.7 Å². The number of anilines is 2. The first-order valence-corrected chi connectivity index (χ1v) is 13.9. The number of hydrogen-bond acceptors (Lipinski definition) is 6.